The van der Waals surface area contributed by atoms with E-state index in [-0.39, 0.29) is 23.0 Å². The maximum Gasteiger partial charge on any atom is 0.238 e. The number of Topliss-reactive ketones (excluding diaryl/α,β-unsaturated/α-hetero) is 2. The molecule has 3 aliphatic rings. The van der Waals surface area contributed by atoms with Gasteiger partial charge in [-0.3, -0.25) is 14.4 Å². The van der Waals surface area contributed by atoms with Gasteiger partial charge in [-0.2, -0.15) is 0 Å². The highest BCUT2D eigenvalue weighted by Crippen LogP contribution is 2.58. The number of ketones is 2. The van der Waals surface area contributed by atoms with E-state index in [4.69, 9.17) is 9.47 Å². The summed E-state index contributed by atoms with van der Waals surface area (Å²) in [5, 5.41) is 3.05. The summed E-state index contributed by atoms with van der Waals surface area (Å²) in [6, 6.07) is 18.8. The van der Waals surface area contributed by atoms with Crippen molar-refractivity contribution in [3.05, 3.63) is 89.5 Å². The lowest BCUT2D eigenvalue weighted by Gasteiger charge is -2.38. The van der Waals surface area contributed by atoms with Crippen LogP contribution >= 0.6 is 0 Å². The Balaban J connectivity index is 1.69. The summed E-state index contributed by atoms with van der Waals surface area (Å²) in [7, 11) is 3.03. The molecule has 0 radical (unpaired) electrons. The molecule has 4 atom stereocenters. The van der Waals surface area contributed by atoms with E-state index in [2.05, 4.69) is 5.32 Å². The van der Waals surface area contributed by atoms with Gasteiger partial charge < -0.3 is 19.7 Å². The normalized spacial score (nSPS) is 24.3. The van der Waals surface area contributed by atoms with Gasteiger partial charge in [0.1, 0.15) is 23.0 Å². The standard InChI is InChI=1S/C33H32N2O5/c1-32(2,3)30(37)28-27(29(36)21-18-20(39-4)15-16-25(21)40-5)33(22-11-7-8-12-23(22)34-31(33)38)26-17-14-19-10-6-9-13-24(19)35(26)28/h6-18,26-28H,1-5H3,(H,34,38). The molecule has 1 fully saturated rings. The van der Waals surface area contributed by atoms with Crippen molar-refractivity contribution in [3.63, 3.8) is 0 Å². The summed E-state index contributed by atoms with van der Waals surface area (Å²) in [6.45, 7) is 5.58. The zero-order valence-corrected chi connectivity index (χ0v) is 23.2. The van der Waals surface area contributed by atoms with Crippen LogP contribution in [0.4, 0.5) is 11.4 Å². The van der Waals surface area contributed by atoms with Crippen LogP contribution in [0.15, 0.2) is 72.8 Å². The number of anilines is 2. The van der Waals surface area contributed by atoms with Crippen molar-refractivity contribution in [3.8, 4) is 11.5 Å². The lowest BCUT2D eigenvalue weighted by atomic mass is 9.63. The number of benzene rings is 3. The number of para-hydroxylation sites is 2. The second kappa shape index (κ2) is 9.08. The van der Waals surface area contributed by atoms with Crippen LogP contribution in [0.25, 0.3) is 6.08 Å². The largest absolute Gasteiger partial charge is 0.497 e. The summed E-state index contributed by atoms with van der Waals surface area (Å²) in [4.78, 5) is 45.9. The third kappa shape index (κ3) is 3.46. The van der Waals surface area contributed by atoms with Crippen molar-refractivity contribution in [2.45, 2.75) is 38.3 Å². The average Bonchev–Trinajstić information content (AvgIpc) is 3.43. The van der Waals surface area contributed by atoms with E-state index in [0.717, 1.165) is 11.3 Å². The first kappa shape index (κ1) is 25.9. The first-order chi connectivity index (χ1) is 19.1. The fourth-order valence-corrected chi connectivity index (χ4v) is 6.74. The van der Waals surface area contributed by atoms with Crippen molar-refractivity contribution < 1.29 is 23.9 Å². The molecule has 0 bridgehead atoms. The number of carbonyl (C=O) groups is 3. The molecular formula is C33H32N2O5. The third-order valence-electron chi connectivity index (χ3n) is 8.50. The molecule has 0 aliphatic carbocycles. The number of rotatable bonds is 5. The van der Waals surface area contributed by atoms with Gasteiger partial charge in [0.2, 0.25) is 5.91 Å². The lowest BCUT2D eigenvalue weighted by molar-refractivity contribution is -0.128. The monoisotopic (exact) mass is 536 g/mol. The van der Waals surface area contributed by atoms with Gasteiger partial charge in [-0.1, -0.05) is 69.3 Å². The van der Waals surface area contributed by atoms with Crippen LogP contribution in [-0.2, 0) is 15.0 Å². The molecule has 1 N–H and O–H groups in total. The molecule has 1 spiro atoms. The molecular weight excluding hydrogens is 504 g/mol. The second-order valence-corrected chi connectivity index (χ2v) is 11.6. The summed E-state index contributed by atoms with van der Waals surface area (Å²) in [6.07, 6.45) is 3.97. The number of nitrogens with one attached hydrogen (secondary N) is 1. The van der Waals surface area contributed by atoms with Crippen LogP contribution in [0.1, 0.15) is 42.3 Å². The molecule has 1 saturated heterocycles. The van der Waals surface area contributed by atoms with Crippen molar-refractivity contribution in [1.29, 1.82) is 0 Å². The van der Waals surface area contributed by atoms with Crippen LogP contribution in [-0.4, -0.2) is 43.8 Å². The number of hydrogen-bond donors (Lipinski definition) is 1. The maximum absolute atomic E-state index is 15.0. The SMILES string of the molecule is COc1ccc(OC)c(C(=O)C2C(C(=O)C(C)(C)C)N3c4ccccc4C=CC3C23C(=O)Nc2ccccc23)c1. The maximum atomic E-state index is 15.0. The highest BCUT2D eigenvalue weighted by molar-refractivity contribution is 6.17. The number of nitrogens with zero attached hydrogens (tertiary/aromatic N) is 1. The molecule has 3 aromatic carbocycles. The average molecular weight is 537 g/mol. The Morgan fingerprint density at radius 2 is 1.68 bits per heavy atom. The highest BCUT2D eigenvalue weighted by Gasteiger charge is 2.71. The number of amides is 1. The number of methoxy groups -OCH3 is 2. The predicted molar refractivity (Wildman–Crippen MR) is 154 cm³/mol. The van der Waals surface area contributed by atoms with E-state index in [1.807, 2.05) is 86.4 Å². The van der Waals surface area contributed by atoms with Crippen LogP contribution in [0.3, 0.4) is 0 Å². The first-order valence-corrected chi connectivity index (χ1v) is 13.4. The fourth-order valence-electron chi connectivity index (χ4n) is 6.74. The topological polar surface area (TPSA) is 84.9 Å². The van der Waals surface area contributed by atoms with Gasteiger partial charge in [0, 0.05) is 16.8 Å². The molecule has 204 valence electrons. The summed E-state index contributed by atoms with van der Waals surface area (Å²) in [5.74, 6) is -0.964. The minimum absolute atomic E-state index is 0.114. The third-order valence-corrected chi connectivity index (χ3v) is 8.50. The Kier molecular flexibility index (Phi) is 5.87. The molecule has 7 nitrogen and oxygen atoms in total. The van der Waals surface area contributed by atoms with E-state index in [0.29, 0.717) is 22.7 Å². The van der Waals surface area contributed by atoms with Crippen molar-refractivity contribution in [1.82, 2.24) is 0 Å². The quantitative estimate of drug-likeness (QED) is 0.446. The Labute approximate surface area is 233 Å². The van der Waals surface area contributed by atoms with Crippen LogP contribution in [0.2, 0.25) is 0 Å². The molecule has 6 rings (SSSR count). The highest BCUT2D eigenvalue weighted by atomic mass is 16.5. The van der Waals surface area contributed by atoms with Gasteiger partial charge in [-0.25, -0.2) is 0 Å². The van der Waals surface area contributed by atoms with Crippen LogP contribution in [0.5, 0.6) is 11.5 Å². The Hall–Kier alpha value is -4.39. The van der Waals surface area contributed by atoms with Gasteiger partial charge in [0.05, 0.1) is 31.7 Å². The minimum atomic E-state index is -1.36. The number of carbonyl (C=O) groups excluding carboxylic acids is 3. The minimum Gasteiger partial charge on any atom is -0.497 e. The molecule has 4 unspecified atom stereocenters. The summed E-state index contributed by atoms with van der Waals surface area (Å²) < 4.78 is 11.1. The fraction of sp³-hybridized carbons (Fsp3) is 0.303. The summed E-state index contributed by atoms with van der Waals surface area (Å²) >= 11 is 0. The van der Waals surface area contributed by atoms with E-state index in [1.54, 1.807) is 18.2 Å². The number of fused-ring (bicyclic) bond motifs is 6. The Morgan fingerprint density at radius 3 is 2.40 bits per heavy atom. The molecule has 3 aliphatic heterocycles. The lowest BCUT2D eigenvalue weighted by Crippen LogP contribution is -2.51. The Bertz CT molecular complexity index is 1590. The Morgan fingerprint density at radius 1 is 0.950 bits per heavy atom. The molecule has 3 heterocycles. The van der Waals surface area contributed by atoms with Crippen molar-refractivity contribution in [2.75, 3.05) is 24.4 Å². The van der Waals surface area contributed by atoms with Gasteiger partial charge >= 0.3 is 0 Å². The second-order valence-electron chi connectivity index (χ2n) is 11.6. The van der Waals surface area contributed by atoms with E-state index in [1.165, 1.54) is 14.2 Å². The molecule has 0 aromatic heterocycles. The van der Waals surface area contributed by atoms with Crippen LogP contribution < -0.4 is 19.7 Å². The molecule has 0 saturated carbocycles. The smallest absolute Gasteiger partial charge is 0.238 e. The molecule has 3 aromatic rings. The zero-order valence-electron chi connectivity index (χ0n) is 23.2. The predicted octanol–water partition coefficient (Wildman–Crippen LogP) is 5.29. The molecule has 40 heavy (non-hydrogen) atoms. The van der Waals surface area contributed by atoms with Gasteiger partial charge in [0.25, 0.3) is 0 Å². The van der Waals surface area contributed by atoms with Gasteiger partial charge in [0.15, 0.2) is 11.6 Å². The van der Waals surface area contributed by atoms with E-state index >= 15 is 0 Å². The molecule has 7 heteroatoms. The van der Waals surface area contributed by atoms with E-state index < -0.39 is 28.8 Å². The number of ether oxygens (including phenoxy) is 2. The van der Waals surface area contributed by atoms with Gasteiger partial charge in [-0.05, 0) is 41.5 Å². The molecule has 1 amide bonds. The van der Waals surface area contributed by atoms with Crippen molar-refractivity contribution in [2.24, 2.45) is 11.3 Å². The van der Waals surface area contributed by atoms with E-state index in [9.17, 15) is 14.4 Å². The van der Waals surface area contributed by atoms with Gasteiger partial charge in [-0.15, -0.1) is 0 Å². The van der Waals surface area contributed by atoms with Crippen LogP contribution in [0, 0.1) is 11.3 Å². The summed E-state index contributed by atoms with van der Waals surface area (Å²) in [5.41, 5.74) is 1.23. The first-order valence-electron chi connectivity index (χ1n) is 13.4. The van der Waals surface area contributed by atoms with Crippen molar-refractivity contribution >= 4 is 34.9 Å². The number of hydrogen-bond acceptors (Lipinski definition) is 6. The zero-order chi connectivity index (χ0) is 28.4.